The molecule has 1 N–H and O–H groups in total. The first-order chi connectivity index (χ1) is 9.35. The van der Waals surface area contributed by atoms with Crippen LogP contribution in [0.1, 0.15) is 19.2 Å². The number of hydrogen-bond acceptors (Lipinski definition) is 5. The molecule has 0 saturated heterocycles. The lowest BCUT2D eigenvalue weighted by Gasteiger charge is -2.20. The van der Waals surface area contributed by atoms with Gasteiger partial charge in [-0.25, -0.2) is 9.97 Å². The van der Waals surface area contributed by atoms with Crippen LogP contribution >= 0.6 is 0 Å². The molecule has 0 bridgehead atoms. The molecule has 1 rings (SSSR count). The predicted molar refractivity (Wildman–Crippen MR) is 70.9 cm³/mol. The van der Waals surface area contributed by atoms with Gasteiger partial charge >= 0.3 is 6.18 Å². The van der Waals surface area contributed by atoms with Crippen molar-refractivity contribution in [3.63, 3.8) is 0 Å². The normalized spacial score (nSPS) is 11.5. The fraction of sp³-hybridized carbons (Fsp3) is 0.667. The van der Waals surface area contributed by atoms with E-state index in [1.54, 1.807) is 20.2 Å². The topological polar surface area (TPSA) is 50.3 Å². The number of alkyl halides is 3. The van der Waals surface area contributed by atoms with Gasteiger partial charge in [0.1, 0.15) is 18.2 Å². The van der Waals surface area contributed by atoms with Gasteiger partial charge in [0.05, 0.1) is 6.42 Å². The molecule has 5 nitrogen and oxygen atoms in total. The highest BCUT2D eigenvalue weighted by atomic mass is 19.4. The minimum absolute atomic E-state index is 0.155. The third-order valence-corrected chi connectivity index (χ3v) is 2.57. The van der Waals surface area contributed by atoms with Crippen LogP contribution in [-0.2, 0) is 11.3 Å². The fourth-order valence-corrected chi connectivity index (χ4v) is 1.47. The quantitative estimate of drug-likeness (QED) is 0.836. The van der Waals surface area contributed by atoms with Crippen molar-refractivity contribution < 1.29 is 17.9 Å². The van der Waals surface area contributed by atoms with Crippen LogP contribution in [0.2, 0.25) is 0 Å². The van der Waals surface area contributed by atoms with E-state index in [4.69, 9.17) is 4.74 Å². The summed E-state index contributed by atoms with van der Waals surface area (Å²) in [6, 6.07) is 1.60. The summed E-state index contributed by atoms with van der Waals surface area (Å²) >= 11 is 0. The molecular formula is C12H19F3N4O. The number of ether oxygens (including phenoxy) is 1. The first-order valence-corrected chi connectivity index (χ1v) is 6.27. The number of rotatable bonds is 7. The molecule has 0 fully saturated rings. The average Bonchev–Trinajstić information content (AvgIpc) is 2.41. The van der Waals surface area contributed by atoms with Crippen molar-refractivity contribution in [3.05, 3.63) is 11.9 Å². The molecule has 0 amide bonds. The summed E-state index contributed by atoms with van der Waals surface area (Å²) in [7, 11) is 3.25. The van der Waals surface area contributed by atoms with Crippen molar-refractivity contribution in [2.45, 2.75) is 26.1 Å². The molecule has 8 heteroatoms. The molecule has 0 saturated carbocycles. The Bertz CT molecular complexity index is 426. The van der Waals surface area contributed by atoms with Crippen LogP contribution < -0.4 is 10.2 Å². The van der Waals surface area contributed by atoms with Crippen LogP contribution in [0.25, 0.3) is 0 Å². The molecule has 1 aromatic rings. The summed E-state index contributed by atoms with van der Waals surface area (Å²) in [4.78, 5) is 9.84. The highest BCUT2D eigenvalue weighted by molar-refractivity contribution is 5.48. The minimum Gasteiger partial charge on any atom is -0.374 e. The van der Waals surface area contributed by atoms with Gasteiger partial charge in [0.25, 0.3) is 0 Å². The molecule has 0 aliphatic carbocycles. The summed E-state index contributed by atoms with van der Waals surface area (Å²) in [5.41, 5.74) is 0. The summed E-state index contributed by atoms with van der Waals surface area (Å²) < 4.78 is 41.9. The van der Waals surface area contributed by atoms with E-state index < -0.39 is 12.6 Å². The van der Waals surface area contributed by atoms with Crippen molar-refractivity contribution in [2.24, 2.45) is 0 Å². The van der Waals surface area contributed by atoms with Gasteiger partial charge in [-0.05, 0) is 6.92 Å². The van der Waals surface area contributed by atoms with E-state index in [9.17, 15) is 13.2 Å². The van der Waals surface area contributed by atoms with Crippen molar-refractivity contribution in [3.8, 4) is 0 Å². The smallest absolute Gasteiger partial charge is 0.374 e. The fourth-order valence-electron chi connectivity index (χ4n) is 1.47. The minimum atomic E-state index is -4.18. The Morgan fingerprint density at radius 3 is 2.60 bits per heavy atom. The Balaban J connectivity index is 2.81. The maximum Gasteiger partial charge on any atom is 0.390 e. The van der Waals surface area contributed by atoms with Gasteiger partial charge in [0, 0.05) is 33.3 Å². The van der Waals surface area contributed by atoms with Gasteiger partial charge in [-0.3, -0.25) is 0 Å². The Labute approximate surface area is 116 Å². The lowest BCUT2D eigenvalue weighted by Crippen LogP contribution is -2.25. The lowest BCUT2D eigenvalue weighted by atomic mass is 10.3. The highest BCUT2D eigenvalue weighted by Gasteiger charge is 2.27. The van der Waals surface area contributed by atoms with E-state index in [2.05, 4.69) is 15.3 Å². The summed E-state index contributed by atoms with van der Waals surface area (Å²) in [5, 5.41) is 2.86. The second-order valence-corrected chi connectivity index (χ2v) is 4.20. The molecule has 0 aromatic carbocycles. The second kappa shape index (κ2) is 7.28. The van der Waals surface area contributed by atoms with Gasteiger partial charge in [0.15, 0.2) is 5.82 Å². The van der Waals surface area contributed by atoms with E-state index in [0.29, 0.717) is 24.1 Å². The third-order valence-electron chi connectivity index (χ3n) is 2.57. The molecule has 0 radical (unpaired) electrons. The Kier molecular flexibility index (Phi) is 6.00. The molecule has 0 aliphatic heterocycles. The highest BCUT2D eigenvalue weighted by Crippen LogP contribution is 2.22. The van der Waals surface area contributed by atoms with E-state index in [1.165, 1.54) is 4.90 Å². The molecule has 1 heterocycles. The largest absolute Gasteiger partial charge is 0.390 e. The number of nitrogens with zero attached hydrogens (tertiary/aromatic N) is 3. The maximum atomic E-state index is 12.2. The predicted octanol–water partition coefficient (Wildman–Crippen LogP) is 2.44. The Hall–Kier alpha value is -1.57. The second-order valence-electron chi connectivity index (χ2n) is 4.20. The van der Waals surface area contributed by atoms with Crippen LogP contribution in [0.5, 0.6) is 0 Å². The Morgan fingerprint density at radius 1 is 1.35 bits per heavy atom. The van der Waals surface area contributed by atoms with E-state index in [0.717, 1.165) is 0 Å². The first kappa shape index (κ1) is 16.5. The van der Waals surface area contributed by atoms with Gasteiger partial charge < -0.3 is 15.0 Å². The zero-order valence-corrected chi connectivity index (χ0v) is 11.8. The number of nitrogens with one attached hydrogen (secondary N) is 1. The third kappa shape index (κ3) is 5.60. The molecule has 0 aliphatic rings. The van der Waals surface area contributed by atoms with Crippen LogP contribution in [-0.4, -0.2) is 43.4 Å². The van der Waals surface area contributed by atoms with Crippen molar-refractivity contribution in [1.82, 2.24) is 9.97 Å². The maximum absolute atomic E-state index is 12.2. The lowest BCUT2D eigenvalue weighted by molar-refractivity contribution is -0.132. The summed E-state index contributed by atoms with van der Waals surface area (Å²) in [6.45, 7) is 2.44. The van der Waals surface area contributed by atoms with Gasteiger partial charge in [0.2, 0.25) is 0 Å². The summed E-state index contributed by atoms with van der Waals surface area (Å²) in [6.07, 6.45) is -5.07. The van der Waals surface area contributed by atoms with Crippen LogP contribution in [0.4, 0.5) is 24.8 Å². The molecule has 0 spiro atoms. The number of aromatic nitrogens is 2. The van der Waals surface area contributed by atoms with Crippen molar-refractivity contribution >= 4 is 11.6 Å². The average molecular weight is 292 g/mol. The summed E-state index contributed by atoms with van der Waals surface area (Å²) in [5.74, 6) is 1.42. The van der Waals surface area contributed by atoms with E-state index in [1.807, 2.05) is 6.92 Å². The molecule has 20 heavy (non-hydrogen) atoms. The molecule has 0 unspecified atom stereocenters. The van der Waals surface area contributed by atoms with E-state index in [-0.39, 0.29) is 13.2 Å². The van der Waals surface area contributed by atoms with Crippen LogP contribution in [0, 0.1) is 0 Å². The first-order valence-electron chi connectivity index (χ1n) is 6.27. The van der Waals surface area contributed by atoms with Crippen molar-refractivity contribution in [2.75, 3.05) is 37.5 Å². The van der Waals surface area contributed by atoms with Crippen LogP contribution in [0.15, 0.2) is 6.07 Å². The monoisotopic (exact) mass is 292 g/mol. The molecular weight excluding hydrogens is 273 g/mol. The van der Waals surface area contributed by atoms with Crippen molar-refractivity contribution in [1.29, 1.82) is 0 Å². The number of anilines is 2. The number of hydrogen-bond donors (Lipinski definition) is 1. The Morgan fingerprint density at radius 2 is 2.05 bits per heavy atom. The SMILES string of the molecule is CCOCc1nc(NC)cc(N(C)CCC(F)(F)F)n1. The van der Waals surface area contributed by atoms with Crippen LogP contribution in [0.3, 0.4) is 0 Å². The van der Waals surface area contributed by atoms with E-state index >= 15 is 0 Å². The zero-order chi connectivity index (χ0) is 15.2. The van der Waals surface area contributed by atoms with Gasteiger partial charge in [-0.1, -0.05) is 0 Å². The standard InChI is InChI=1S/C12H19F3N4O/c1-4-20-8-10-17-9(16-2)7-11(18-10)19(3)6-5-12(13,14)15/h7H,4-6,8H2,1-3H3,(H,16,17,18). The molecule has 1 aromatic heterocycles. The molecule has 0 atom stereocenters. The molecule has 114 valence electrons. The zero-order valence-electron chi connectivity index (χ0n) is 11.8. The van der Waals surface area contributed by atoms with Gasteiger partial charge in [-0.15, -0.1) is 0 Å². The number of halogens is 3. The van der Waals surface area contributed by atoms with Gasteiger partial charge in [-0.2, -0.15) is 13.2 Å².